The van der Waals surface area contributed by atoms with Gasteiger partial charge in [-0.1, -0.05) is 78.9 Å². The number of nitrogens with one attached hydrogen (secondary N) is 1. The van der Waals surface area contributed by atoms with Crippen molar-refractivity contribution in [2.24, 2.45) is 0 Å². The van der Waals surface area contributed by atoms with Crippen LogP contribution in [0.2, 0.25) is 0 Å². The topological polar surface area (TPSA) is 29.1 Å². The lowest BCUT2D eigenvalue weighted by atomic mass is 9.73. The minimum absolute atomic E-state index is 0.430. The fourth-order valence-electron chi connectivity index (χ4n) is 4.49. The summed E-state index contributed by atoms with van der Waals surface area (Å²) < 4.78 is 38.6. The van der Waals surface area contributed by atoms with E-state index in [1.165, 1.54) is 0 Å². The zero-order chi connectivity index (χ0) is 21.2. The zero-order valence-corrected chi connectivity index (χ0v) is 16.4. The second-order valence-electron chi connectivity index (χ2n) is 7.63. The lowest BCUT2D eigenvalue weighted by Gasteiger charge is -2.31. The smallest absolute Gasteiger partial charge is 0.346 e. The van der Waals surface area contributed by atoms with Crippen molar-refractivity contribution in [2.45, 2.75) is 30.9 Å². The van der Waals surface area contributed by atoms with Crippen LogP contribution in [0.4, 0.5) is 13.2 Å². The number of fused-ring (bicyclic) bond motifs is 3. The Labute approximate surface area is 173 Å². The van der Waals surface area contributed by atoms with Crippen LogP contribution in [0.25, 0.3) is 11.1 Å². The number of amides is 1. The first-order valence-corrected chi connectivity index (χ1v) is 10.0. The Hall–Kier alpha value is -3.08. The van der Waals surface area contributed by atoms with Crippen LogP contribution in [0.15, 0.2) is 78.9 Å². The van der Waals surface area contributed by atoms with E-state index < -0.39 is 24.0 Å². The molecule has 2 nitrogen and oxygen atoms in total. The number of benzene rings is 3. The number of carbonyl (C=O) groups excluding carboxylic acids is 1. The number of hydrogen-bond acceptors (Lipinski definition) is 1. The largest absolute Gasteiger partial charge is 0.405 e. The SMILES string of the molecule is O=C(NCC(F)(F)F)C1(CCCc2ccccc2)c2ccccc2-c2ccccc21. The van der Waals surface area contributed by atoms with Crippen molar-refractivity contribution in [1.82, 2.24) is 5.32 Å². The van der Waals surface area contributed by atoms with Gasteiger partial charge in [-0.2, -0.15) is 13.2 Å². The average Bonchev–Trinajstić information content (AvgIpc) is 3.04. The van der Waals surface area contributed by atoms with Gasteiger partial charge in [0.05, 0.1) is 0 Å². The summed E-state index contributed by atoms with van der Waals surface area (Å²) >= 11 is 0. The van der Waals surface area contributed by atoms with Crippen LogP contribution in [0.1, 0.15) is 29.5 Å². The van der Waals surface area contributed by atoms with E-state index in [4.69, 9.17) is 0 Å². The Morgan fingerprint density at radius 1 is 0.800 bits per heavy atom. The Morgan fingerprint density at radius 2 is 1.33 bits per heavy atom. The number of carbonyl (C=O) groups is 1. The van der Waals surface area contributed by atoms with Crippen molar-refractivity contribution in [3.8, 4) is 11.1 Å². The molecular weight excluding hydrogens is 387 g/mol. The highest BCUT2D eigenvalue weighted by Gasteiger charge is 2.49. The van der Waals surface area contributed by atoms with Crippen molar-refractivity contribution >= 4 is 5.91 Å². The molecule has 0 bridgehead atoms. The summed E-state index contributed by atoms with van der Waals surface area (Å²) in [4.78, 5) is 13.4. The van der Waals surface area contributed by atoms with Gasteiger partial charge in [-0.05, 0) is 47.1 Å². The van der Waals surface area contributed by atoms with Gasteiger partial charge >= 0.3 is 6.18 Å². The Morgan fingerprint density at radius 3 is 1.90 bits per heavy atom. The van der Waals surface area contributed by atoms with E-state index in [2.05, 4.69) is 5.32 Å². The maximum atomic E-state index is 13.4. The Balaban J connectivity index is 1.73. The molecule has 0 spiro atoms. The summed E-state index contributed by atoms with van der Waals surface area (Å²) in [6.07, 6.45) is -2.61. The van der Waals surface area contributed by atoms with Crippen LogP contribution >= 0.6 is 0 Å². The molecular formula is C25H22F3NO. The molecule has 0 fully saturated rings. The standard InChI is InChI=1S/C25H22F3NO/c26-25(27,28)17-29-23(30)24(16-8-11-18-9-2-1-3-10-18)21-14-6-4-12-19(21)20-13-5-7-15-22(20)24/h1-7,9-10,12-15H,8,11,16-17H2,(H,29,30). The van der Waals surface area contributed by atoms with Crippen LogP contribution in [0.5, 0.6) is 0 Å². The van der Waals surface area contributed by atoms with E-state index in [0.717, 1.165) is 34.2 Å². The molecule has 0 unspecified atom stereocenters. The Bertz CT molecular complexity index is 998. The molecule has 0 aliphatic heterocycles. The van der Waals surface area contributed by atoms with E-state index in [0.29, 0.717) is 12.8 Å². The number of rotatable bonds is 6. The van der Waals surface area contributed by atoms with Gasteiger partial charge < -0.3 is 5.32 Å². The molecule has 4 rings (SSSR count). The van der Waals surface area contributed by atoms with Crippen molar-refractivity contribution in [3.05, 3.63) is 95.6 Å². The lowest BCUT2D eigenvalue weighted by molar-refractivity contribution is -0.141. The van der Waals surface area contributed by atoms with Gasteiger partial charge in [-0.15, -0.1) is 0 Å². The van der Waals surface area contributed by atoms with Crippen LogP contribution in [0, 0.1) is 0 Å². The normalized spacial score (nSPS) is 14.1. The van der Waals surface area contributed by atoms with Crippen LogP contribution in [-0.4, -0.2) is 18.6 Å². The second kappa shape index (κ2) is 7.98. The highest BCUT2D eigenvalue weighted by molar-refractivity contribution is 6.00. The minimum Gasteiger partial charge on any atom is -0.346 e. The molecule has 154 valence electrons. The summed E-state index contributed by atoms with van der Waals surface area (Å²) in [5, 5.41) is 2.17. The highest BCUT2D eigenvalue weighted by Crippen LogP contribution is 2.51. The van der Waals surface area contributed by atoms with Crippen LogP contribution < -0.4 is 5.32 Å². The number of alkyl halides is 3. The first kappa shape index (κ1) is 20.2. The molecule has 1 amide bonds. The van der Waals surface area contributed by atoms with E-state index in [1.807, 2.05) is 78.9 Å². The monoisotopic (exact) mass is 409 g/mol. The lowest BCUT2D eigenvalue weighted by Crippen LogP contribution is -2.47. The summed E-state index contributed by atoms with van der Waals surface area (Å²) in [6.45, 7) is -1.34. The van der Waals surface area contributed by atoms with E-state index in [1.54, 1.807) is 0 Å². The molecule has 3 aromatic carbocycles. The maximum absolute atomic E-state index is 13.4. The van der Waals surface area contributed by atoms with Gasteiger partial charge in [0.2, 0.25) is 5.91 Å². The van der Waals surface area contributed by atoms with Crippen molar-refractivity contribution in [2.75, 3.05) is 6.54 Å². The zero-order valence-electron chi connectivity index (χ0n) is 16.4. The summed E-state index contributed by atoms with van der Waals surface area (Å²) in [5.74, 6) is -0.592. The molecule has 1 aliphatic rings. The fraction of sp³-hybridized carbons (Fsp3) is 0.240. The second-order valence-corrected chi connectivity index (χ2v) is 7.63. The summed E-state index contributed by atoms with van der Waals surface area (Å²) in [6, 6.07) is 25.0. The third-order valence-electron chi connectivity index (χ3n) is 5.76. The molecule has 3 aromatic rings. The molecule has 0 saturated heterocycles. The van der Waals surface area contributed by atoms with Gasteiger partial charge in [0.15, 0.2) is 0 Å². The van der Waals surface area contributed by atoms with Gasteiger partial charge in [0, 0.05) is 0 Å². The number of halogens is 3. The minimum atomic E-state index is -4.46. The van der Waals surface area contributed by atoms with Crippen molar-refractivity contribution in [1.29, 1.82) is 0 Å². The van der Waals surface area contributed by atoms with Crippen molar-refractivity contribution in [3.63, 3.8) is 0 Å². The summed E-state index contributed by atoms with van der Waals surface area (Å²) in [7, 11) is 0. The van der Waals surface area contributed by atoms with Gasteiger partial charge in [0.25, 0.3) is 0 Å². The maximum Gasteiger partial charge on any atom is 0.405 e. The van der Waals surface area contributed by atoms with E-state index >= 15 is 0 Å². The van der Waals surface area contributed by atoms with Gasteiger partial charge in [-0.3, -0.25) is 4.79 Å². The molecule has 30 heavy (non-hydrogen) atoms. The quantitative estimate of drug-likeness (QED) is 0.560. The molecule has 0 saturated carbocycles. The fourth-order valence-corrected chi connectivity index (χ4v) is 4.49. The molecule has 0 atom stereocenters. The van der Waals surface area contributed by atoms with Gasteiger partial charge in [0.1, 0.15) is 12.0 Å². The molecule has 1 aliphatic carbocycles. The molecule has 5 heteroatoms. The first-order valence-electron chi connectivity index (χ1n) is 10.0. The summed E-state index contributed by atoms with van der Waals surface area (Å²) in [5.41, 5.74) is 3.39. The first-order chi connectivity index (χ1) is 14.4. The van der Waals surface area contributed by atoms with Crippen LogP contribution in [0.3, 0.4) is 0 Å². The number of hydrogen-bond donors (Lipinski definition) is 1. The van der Waals surface area contributed by atoms with E-state index in [9.17, 15) is 18.0 Å². The highest BCUT2D eigenvalue weighted by atomic mass is 19.4. The molecule has 0 heterocycles. The molecule has 0 radical (unpaired) electrons. The predicted molar refractivity (Wildman–Crippen MR) is 111 cm³/mol. The Kier molecular flexibility index (Phi) is 5.37. The predicted octanol–water partition coefficient (Wildman–Crippen LogP) is 5.65. The molecule has 0 aromatic heterocycles. The third-order valence-corrected chi connectivity index (χ3v) is 5.76. The van der Waals surface area contributed by atoms with Crippen LogP contribution in [-0.2, 0) is 16.6 Å². The molecule has 1 N–H and O–H groups in total. The number of aryl methyl sites for hydroxylation is 1. The van der Waals surface area contributed by atoms with E-state index in [-0.39, 0.29) is 0 Å². The van der Waals surface area contributed by atoms with Gasteiger partial charge in [-0.25, -0.2) is 0 Å². The van der Waals surface area contributed by atoms with Crippen molar-refractivity contribution < 1.29 is 18.0 Å². The third kappa shape index (κ3) is 3.72. The average molecular weight is 409 g/mol.